The molecule has 0 radical (unpaired) electrons. The number of nitrogens with one attached hydrogen (secondary N) is 1. The number of carbonyl (C=O) groups excluding carboxylic acids is 1. The third-order valence-corrected chi connectivity index (χ3v) is 4.35. The van der Waals surface area contributed by atoms with Gasteiger partial charge in [-0.05, 0) is 25.5 Å². The fraction of sp³-hybridized carbons (Fsp3) is 0.267. The van der Waals surface area contributed by atoms with Gasteiger partial charge < -0.3 is 5.32 Å². The summed E-state index contributed by atoms with van der Waals surface area (Å²) >= 11 is 1.59. The van der Waals surface area contributed by atoms with Gasteiger partial charge in [-0.2, -0.15) is 5.10 Å². The van der Waals surface area contributed by atoms with E-state index < -0.39 is 0 Å². The van der Waals surface area contributed by atoms with Crippen LogP contribution in [0.15, 0.2) is 30.3 Å². The van der Waals surface area contributed by atoms with Gasteiger partial charge in [0.2, 0.25) is 4.96 Å². The van der Waals surface area contributed by atoms with E-state index in [0.29, 0.717) is 12.1 Å². The zero-order valence-corrected chi connectivity index (χ0v) is 12.8. The maximum atomic E-state index is 12.1. The lowest BCUT2D eigenvalue weighted by Gasteiger charge is -2.05. The maximum absolute atomic E-state index is 12.1. The van der Waals surface area contributed by atoms with Crippen molar-refractivity contribution in [1.82, 2.24) is 19.9 Å². The number of aromatic nitrogens is 3. The number of amides is 1. The molecule has 0 atom stereocenters. The number of imidazole rings is 1. The number of aryl methyl sites for hydroxylation is 2. The van der Waals surface area contributed by atoms with Crippen molar-refractivity contribution in [1.29, 1.82) is 0 Å². The molecule has 108 valence electrons. The highest BCUT2D eigenvalue weighted by atomic mass is 32.1. The summed E-state index contributed by atoms with van der Waals surface area (Å²) in [7, 11) is 0. The summed E-state index contributed by atoms with van der Waals surface area (Å²) in [5.41, 5.74) is 2.50. The lowest BCUT2D eigenvalue weighted by Crippen LogP contribution is -2.24. The maximum Gasteiger partial charge on any atom is 0.251 e. The summed E-state index contributed by atoms with van der Waals surface area (Å²) in [6.45, 7) is 4.44. The van der Waals surface area contributed by atoms with Crippen LogP contribution in [0.5, 0.6) is 0 Å². The SMILES string of the molecule is CCc1nn2c(CNC(=O)c3ccccc3)c(C)nc2s1. The Hall–Kier alpha value is -2.21. The Labute approximate surface area is 126 Å². The molecule has 3 rings (SSSR count). The molecule has 0 saturated carbocycles. The number of hydrogen-bond acceptors (Lipinski definition) is 4. The second-order valence-corrected chi connectivity index (χ2v) is 5.78. The molecule has 0 saturated heterocycles. The van der Waals surface area contributed by atoms with Crippen molar-refractivity contribution in [3.05, 3.63) is 52.3 Å². The number of fused-ring (bicyclic) bond motifs is 1. The van der Waals surface area contributed by atoms with E-state index in [1.165, 1.54) is 0 Å². The van der Waals surface area contributed by atoms with Crippen LogP contribution in [0.1, 0.15) is 33.7 Å². The van der Waals surface area contributed by atoms with Crippen LogP contribution in [-0.2, 0) is 13.0 Å². The van der Waals surface area contributed by atoms with E-state index in [1.807, 2.05) is 29.6 Å². The van der Waals surface area contributed by atoms with E-state index in [0.717, 1.165) is 27.8 Å². The van der Waals surface area contributed by atoms with E-state index >= 15 is 0 Å². The van der Waals surface area contributed by atoms with E-state index in [2.05, 4.69) is 22.3 Å². The normalized spacial score (nSPS) is 11.0. The standard InChI is InChI=1S/C15H16N4OS/c1-3-13-18-19-12(10(2)17-15(19)21-13)9-16-14(20)11-7-5-4-6-8-11/h4-8H,3,9H2,1-2H3,(H,16,20). The van der Waals surface area contributed by atoms with Gasteiger partial charge in [-0.25, -0.2) is 9.50 Å². The smallest absolute Gasteiger partial charge is 0.251 e. The van der Waals surface area contributed by atoms with Crippen molar-refractivity contribution in [2.75, 3.05) is 0 Å². The Balaban J connectivity index is 1.80. The first-order valence-electron chi connectivity index (χ1n) is 6.86. The average Bonchev–Trinajstić information content (AvgIpc) is 3.02. The van der Waals surface area contributed by atoms with Crippen molar-refractivity contribution >= 4 is 22.2 Å². The van der Waals surface area contributed by atoms with Gasteiger partial charge in [-0.1, -0.05) is 36.5 Å². The monoisotopic (exact) mass is 300 g/mol. The molecule has 0 bridgehead atoms. The van der Waals surface area contributed by atoms with E-state index in [4.69, 9.17) is 0 Å². The van der Waals surface area contributed by atoms with Gasteiger partial charge in [-0.3, -0.25) is 4.79 Å². The van der Waals surface area contributed by atoms with Gasteiger partial charge in [0.1, 0.15) is 5.01 Å². The number of carbonyl (C=O) groups is 1. The molecule has 0 spiro atoms. The molecule has 0 aliphatic heterocycles. The summed E-state index contributed by atoms with van der Waals surface area (Å²) in [6.07, 6.45) is 0.892. The van der Waals surface area contributed by atoms with Gasteiger partial charge in [0.15, 0.2) is 0 Å². The van der Waals surface area contributed by atoms with Crippen LogP contribution in [0, 0.1) is 6.92 Å². The molecule has 6 heteroatoms. The lowest BCUT2D eigenvalue weighted by atomic mass is 10.2. The minimum atomic E-state index is -0.0871. The van der Waals surface area contributed by atoms with Crippen LogP contribution in [-0.4, -0.2) is 20.5 Å². The molecule has 1 N–H and O–H groups in total. The molecule has 5 nitrogen and oxygen atoms in total. The fourth-order valence-corrected chi connectivity index (χ4v) is 3.03. The Kier molecular flexibility index (Phi) is 3.70. The van der Waals surface area contributed by atoms with Crippen LogP contribution in [0.4, 0.5) is 0 Å². The molecule has 2 heterocycles. The van der Waals surface area contributed by atoms with Gasteiger partial charge in [0.25, 0.3) is 5.91 Å². The first-order chi connectivity index (χ1) is 10.2. The third kappa shape index (κ3) is 2.67. The Morgan fingerprint density at radius 3 is 2.81 bits per heavy atom. The Morgan fingerprint density at radius 2 is 2.10 bits per heavy atom. The number of hydrogen-bond donors (Lipinski definition) is 1. The van der Waals surface area contributed by atoms with E-state index in [1.54, 1.807) is 23.5 Å². The fourth-order valence-electron chi connectivity index (χ4n) is 2.13. The van der Waals surface area contributed by atoms with Crippen molar-refractivity contribution in [2.45, 2.75) is 26.8 Å². The van der Waals surface area contributed by atoms with Gasteiger partial charge in [0, 0.05) is 5.56 Å². The molecule has 0 fully saturated rings. The molecule has 0 aliphatic rings. The molecular formula is C15H16N4OS. The van der Waals surface area contributed by atoms with Gasteiger partial charge >= 0.3 is 0 Å². The summed E-state index contributed by atoms with van der Waals surface area (Å²) in [6, 6.07) is 9.19. The second-order valence-electron chi connectivity index (χ2n) is 4.74. The quantitative estimate of drug-likeness (QED) is 0.805. The molecule has 1 amide bonds. The molecule has 2 aromatic heterocycles. The van der Waals surface area contributed by atoms with Gasteiger partial charge in [0.05, 0.1) is 17.9 Å². The van der Waals surface area contributed by atoms with Gasteiger partial charge in [-0.15, -0.1) is 0 Å². The molecule has 3 aromatic rings. The van der Waals surface area contributed by atoms with Crippen LogP contribution < -0.4 is 5.32 Å². The third-order valence-electron chi connectivity index (χ3n) is 3.29. The predicted molar refractivity (Wildman–Crippen MR) is 82.6 cm³/mol. The van der Waals surface area contributed by atoms with E-state index in [-0.39, 0.29) is 5.91 Å². The van der Waals surface area contributed by atoms with Crippen LogP contribution >= 0.6 is 11.3 Å². The van der Waals surface area contributed by atoms with Crippen LogP contribution in [0.3, 0.4) is 0 Å². The number of nitrogens with zero attached hydrogens (tertiary/aromatic N) is 3. The topological polar surface area (TPSA) is 59.3 Å². The molecular weight excluding hydrogens is 284 g/mol. The Morgan fingerprint density at radius 1 is 1.33 bits per heavy atom. The molecule has 21 heavy (non-hydrogen) atoms. The van der Waals surface area contributed by atoms with E-state index in [9.17, 15) is 4.79 Å². The van der Waals surface area contributed by atoms with Crippen molar-refractivity contribution in [2.24, 2.45) is 0 Å². The van der Waals surface area contributed by atoms with Crippen LogP contribution in [0.2, 0.25) is 0 Å². The zero-order chi connectivity index (χ0) is 14.8. The van der Waals surface area contributed by atoms with Crippen molar-refractivity contribution in [3.63, 3.8) is 0 Å². The number of benzene rings is 1. The highest BCUT2D eigenvalue weighted by molar-refractivity contribution is 7.16. The summed E-state index contributed by atoms with van der Waals surface area (Å²) in [5, 5.41) is 8.50. The highest BCUT2D eigenvalue weighted by Crippen LogP contribution is 2.18. The molecule has 0 aliphatic carbocycles. The minimum Gasteiger partial charge on any atom is -0.346 e. The summed E-state index contributed by atoms with van der Waals surface area (Å²) in [5.74, 6) is -0.0871. The first kappa shape index (κ1) is 13.8. The molecule has 1 aromatic carbocycles. The van der Waals surface area contributed by atoms with Crippen LogP contribution in [0.25, 0.3) is 4.96 Å². The molecule has 0 unspecified atom stereocenters. The summed E-state index contributed by atoms with van der Waals surface area (Å²) in [4.78, 5) is 17.5. The first-order valence-corrected chi connectivity index (χ1v) is 7.68. The second kappa shape index (κ2) is 5.65. The minimum absolute atomic E-state index is 0.0871. The lowest BCUT2D eigenvalue weighted by molar-refractivity contribution is 0.0950. The predicted octanol–water partition coefficient (Wildman–Crippen LogP) is 2.59. The highest BCUT2D eigenvalue weighted by Gasteiger charge is 2.14. The van der Waals surface area contributed by atoms with Crippen molar-refractivity contribution in [3.8, 4) is 0 Å². The Bertz CT molecular complexity index is 776. The largest absolute Gasteiger partial charge is 0.346 e. The average molecular weight is 300 g/mol. The number of rotatable bonds is 4. The van der Waals surface area contributed by atoms with Crippen molar-refractivity contribution < 1.29 is 4.79 Å². The summed E-state index contributed by atoms with van der Waals surface area (Å²) < 4.78 is 1.84. The zero-order valence-electron chi connectivity index (χ0n) is 12.0.